The maximum atomic E-state index is 13.2. The van der Waals surface area contributed by atoms with Crippen LogP contribution >= 0.6 is 11.6 Å². The molecule has 0 atom stereocenters. The van der Waals surface area contributed by atoms with Gasteiger partial charge in [0.1, 0.15) is 0 Å². The van der Waals surface area contributed by atoms with Crippen molar-refractivity contribution in [1.29, 1.82) is 0 Å². The summed E-state index contributed by atoms with van der Waals surface area (Å²) in [6.45, 7) is 4.14. The van der Waals surface area contributed by atoms with Crippen LogP contribution in [0.15, 0.2) is 41.3 Å². The van der Waals surface area contributed by atoms with E-state index in [9.17, 15) is 23.3 Å². The second-order valence-electron chi connectivity index (χ2n) is 7.34. The molecular weight excluding hydrogens is 444 g/mol. The lowest BCUT2D eigenvalue weighted by Crippen LogP contribution is -2.39. The molecule has 0 aliphatic carbocycles. The Labute approximate surface area is 185 Å². The van der Waals surface area contributed by atoms with Crippen molar-refractivity contribution in [3.63, 3.8) is 0 Å². The van der Waals surface area contributed by atoms with E-state index in [1.54, 1.807) is 38.1 Å². The second kappa shape index (κ2) is 9.21. The Morgan fingerprint density at radius 2 is 1.71 bits per heavy atom. The van der Waals surface area contributed by atoms with E-state index in [1.807, 2.05) is 0 Å². The number of nitro groups is 1. The number of carbonyl (C=O) groups excluding carboxylic acids is 1. The number of hydrogen-bond acceptors (Lipinski definition) is 5. The van der Waals surface area contributed by atoms with Crippen LogP contribution in [0.25, 0.3) is 0 Å². The fourth-order valence-corrected chi connectivity index (χ4v) is 5.15. The number of amides is 2. The van der Waals surface area contributed by atoms with Crippen LogP contribution in [-0.4, -0.2) is 54.8 Å². The van der Waals surface area contributed by atoms with Gasteiger partial charge in [-0.1, -0.05) is 11.6 Å². The molecule has 1 saturated heterocycles. The fourth-order valence-electron chi connectivity index (χ4n) is 3.34. The number of nitrogens with zero attached hydrogens (tertiary/aromatic N) is 3. The van der Waals surface area contributed by atoms with Gasteiger partial charge in [-0.3, -0.25) is 10.1 Å². The highest BCUT2D eigenvalue weighted by molar-refractivity contribution is 7.89. The van der Waals surface area contributed by atoms with E-state index in [4.69, 9.17) is 11.6 Å². The highest BCUT2D eigenvalue weighted by Crippen LogP contribution is 2.30. The second-order valence-corrected chi connectivity index (χ2v) is 9.69. The molecule has 2 aromatic rings. The molecule has 11 heteroatoms. The van der Waals surface area contributed by atoms with E-state index in [2.05, 4.69) is 5.32 Å². The molecule has 0 spiro atoms. The van der Waals surface area contributed by atoms with Crippen molar-refractivity contribution in [3.05, 3.63) is 62.7 Å². The number of carbonyl (C=O) groups is 1. The average molecular weight is 467 g/mol. The van der Waals surface area contributed by atoms with Crippen LogP contribution in [0.1, 0.15) is 17.5 Å². The molecule has 1 aliphatic heterocycles. The van der Waals surface area contributed by atoms with Crippen LogP contribution < -0.4 is 5.32 Å². The van der Waals surface area contributed by atoms with Gasteiger partial charge in [0.2, 0.25) is 10.0 Å². The minimum atomic E-state index is -4.09. The van der Waals surface area contributed by atoms with Crippen molar-refractivity contribution in [2.24, 2.45) is 0 Å². The first-order valence-corrected chi connectivity index (χ1v) is 11.5. The molecule has 2 aromatic carbocycles. The SMILES string of the molecule is Cc1cc([N+](=O)[O-])c(S(=O)(=O)N2CCCN(C(=O)Nc3ccc(Cl)cc3)CC2)cc1C. The standard InChI is InChI=1S/C20H23ClN4O5S/c1-14-12-18(25(27)28)19(13-15(14)2)31(29,30)24-9-3-8-23(10-11-24)20(26)22-17-6-4-16(21)5-7-17/h4-7,12-13H,3,8-11H2,1-2H3,(H,22,26). The zero-order valence-corrected chi connectivity index (χ0v) is 18.7. The van der Waals surface area contributed by atoms with Crippen molar-refractivity contribution in [1.82, 2.24) is 9.21 Å². The molecule has 2 amide bonds. The molecule has 3 rings (SSSR count). The number of hydrogen-bond donors (Lipinski definition) is 1. The fraction of sp³-hybridized carbons (Fsp3) is 0.350. The number of benzene rings is 2. The summed E-state index contributed by atoms with van der Waals surface area (Å²) in [6.07, 6.45) is 0.409. The number of rotatable bonds is 4. The maximum Gasteiger partial charge on any atom is 0.321 e. The van der Waals surface area contributed by atoms with Crippen LogP contribution in [-0.2, 0) is 10.0 Å². The summed E-state index contributed by atoms with van der Waals surface area (Å²) in [4.78, 5) is 24.6. The summed E-state index contributed by atoms with van der Waals surface area (Å²) in [5.41, 5.74) is 1.44. The van der Waals surface area contributed by atoms with Crippen LogP contribution in [0, 0.1) is 24.0 Å². The number of sulfonamides is 1. The molecule has 1 N–H and O–H groups in total. The highest BCUT2D eigenvalue weighted by Gasteiger charge is 2.34. The monoisotopic (exact) mass is 466 g/mol. The van der Waals surface area contributed by atoms with Crippen molar-refractivity contribution in [3.8, 4) is 0 Å². The molecule has 9 nitrogen and oxygen atoms in total. The minimum Gasteiger partial charge on any atom is -0.323 e. The zero-order chi connectivity index (χ0) is 22.8. The number of anilines is 1. The predicted octanol–water partition coefficient (Wildman–Crippen LogP) is 3.79. The number of nitro benzene ring substituents is 1. The third-order valence-corrected chi connectivity index (χ3v) is 7.41. The van der Waals surface area contributed by atoms with Crippen LogP contribution in [0.3, 0.4) is 0 Å². The predicted molar refractivity (Wildman–Crippen MR) is 118 cm³/mol. The van der Waals surface area contributed by atoms with Crippen LogP contribution in [0.5, 0.6) is 0 Å². The third kappa shape index (κ3) is 5.15. The van der Waals surface area contributed by atoms with Crippen molar-refractivity contribution >= 4 is 39.0 Å². The molecule has 0 radical (unpaired) electrons. The molecule has 0 unspecified atom stereocenters. The van der Waals surface area contributed by atoms with Crippen molar-refractivity contribution in [2.45, 2.75) is 25.2 Å². The number of aryl methyl sites for hydroxylation is 2. The smallest absolute Gasteiger partial charge is 0.321 e. The number of halogens is 1. The van der Waals surface area contributed by atoms with Crippen molar-refractivity contribution in [2.75, 3.05) is 31.5 Å². The summed E-state index contributed by atoms with van der Waals surface area (Å²) in [5.74, 6) is 0. The average Bonchev–Trinajstić information content (AvgIpc) is 2.98. The molecular formula is C20H23ClN4O5S. The first kappa shape index (κ1) is 23.0. The van der Waals surface area contributed by atoms with Gasteiger partial charge in [0.15, 0.2) is 4.90 Å². The third-order valence-electron chi connectivity index (χ3n) is 5.23. The summed E-state index contributed by atoms with van der Waals surface area (Å²) in [6, 6.07) is 8.94. The Morgan fingerprint density at radius 3 is 2.35 bits per heavy atom. The molecule has 0 bridgehead atoms. The normalized spacial score (nSPS) is 15.4. The van der Waals surface area contributed by atoms with Crippen LogP contribution in [0.4, 0.5) is 16.2 Å². The topological polar surface area (TPSA) is 113 Å². The number of urea groups is 1. The zero-order valence-electron chi connectivity index (χ0n) is 17.2. The van der Waals surface area contributed by atoms with E-state index in [1.165, 1.54) is 21.3 Å². The van der Waals surface area contributed by atoms with E-state index in [-0.39, 0.29) is 30.6 Å². The summed E-state index contributed by atoms with van der Waals surface area (Å²) < 4.78 is 27.6. The number of nitrogens with one attached hydrogen (secondary N) is 1. The van der Waals surface area contributed by atoms with Gasteiger partial charge < -0.3 is 10.2 Å². The summed E-state index contributed by atoms with van der Waals surface area (Å²) >= 11 is 5.85. The lowest BCUT2D eigenvalue weighted by atomic mass is 10.1. The van der Waals surface area contributed by atoms with Gasteiger partial charge in [-0.15, -0.1) is 0 Å². The molecule has 0 saturated carbocycles. The van der Waals surface area contributed by atoms with E-state index in [0.717, 1.165) is 0 Å². The lowest BCUT2D eigenvalue weighted by molar-refractivity contribution is -0.387. The van der Waals surface area contributed by atoms with Gasteiger partial charge in [0.05, 0.1) is 4.92 Å². The first-order valence-electron chi connectivity index (χ1n) is 9.67. The van der Waals surface area contributed by atoms with Crippen molar-refractivity contribution < 1.29 is 18.1 Å². The Bertz CT molecular complexity index is 1110. The van der Waals surface area contributed by atoms with Gasteiger partial charge in [0, 0.05) is 43.0 Å². The van der Waals surface area contributed by atoms with Gasteiger partial charge in [-0.2, -0.15) is 4.31 Å². The quantitative estimate of drug-likeness (QED) is 0.544. The van der Waals surface area contributed by atoms with Gasteiger partial charge in [0.25, 0.3) is 5.69 Å². The van der Waals surface area contributed by atoms with E-state index < -0.39 is 20.6 Å². The molecule has 31 heavy (non-hydrogen) atoms. The van der Waals surface area contributed by atoms with Crippen LogP contribution in [0.2, 0.25) is 5.02 Å². The Morgan fingerprint density at radius 1 is 1.06 bits per heavy atom. The molecule has 166 valence electrons. The largest absolute Gasteiger partial charge is 0.323 e. The minimum absolute atomic E-state index is 0.0421. The highest BCUT2D eigenvalue weighted by atomic mass is 35.5. The molecule has 1 heterocycles. The first-order chi connectivity index (χ1) is 14.6. The summed E-state index contributed by atoms with van der Waals surface area (Å²) in [5, 5.41) is 14.8. The maximum absolute atomic E-state index is 13.2. The van der Waals surface area contributed by atoms with Gasteiger partial charge in [-0.05, 0) is 61.7 Å². The van der Waals surface area contributed by atoms with Gasteiger partial charge in [-0.25, -0.2) is 13.2 Å². The molecule has 1 fully saturated rings. The Balaban J connectivity index is 1.77. The Kier molecular flexibility index (Phi) is 6.83. The summed E-state index contributed by atoms with van der Waals surface area (Å²) in [7, 11) is -4.09. The van der Waals surface area contributed by atoms with E-state index >= 15 is 0 Å². The van der Waals surface area contributed by atoms with Gasteiger partial charge >= 0.3 is 6.03 Å². The lowest BCUT2D eigenvalue weighted by Gasteiger charge is -2.22. The molecule has 1 aliphatic rings. The Hall–Kier alpha value is -2.69. The molecule has 0 aromatic heterocycles. The van der Waals surface area contributed by atoms with E-state index in [0.29, 0.717) is 34.8 Å².